The zero-order valence-electron chi connectivity index (χ0n) is 12.3. The third-order valence-electron chi connectivity index (χ3n) is 1.41. The van der Waals surface area contributed by atoms with Crippen LogP contribution in [0.5, 0.6) is 0 Å². The molecule has 0 heterocycles. The molecule has 0 rings (SSSR count). The van der Waals surface area contributed by atoms with Crippen molar-refractivity contribution < 1.29 is 25.3 Å². The molecule has 0 aliphatic rings. The van der Waals surface area contributed by atoms with Crippen LogP contribution in [0.2, 0.25) is 0 Å². The van der Waals surface area contributed by atoms with Crippen LogP contribution in [0.3, 0.4) is 0 Å². The highest BCUT2D eigenvalue weighted by molar-refractivity contribution is 8.76. The van der Waals surface area contributed by atoms with Crippen molar-refractivity contribution in [3.05, 3.63) is 0 Å². The van der Waals surface area contributed by atoms with Gasteiger partial charge in [-0.1, -0.05) is 21.6 Å². The maximum absolute atomic E-state index is 10.7. The number of aliphatic carboxylic acids is 2. The van der Waals surface area contributed by atoms with Gasteiger partial charge < -0.3 is 21.7 Å². The van der Waals surface area contributed by atoms with Gasteiger partial charge in [0.05, 0.1) is 0 Å². The standard InChI is InChI=1S/C8H16N2O4S2/c9-5(7(11)12)1-3-15-16-4-2-6(10)8(13)14/h5-6H,1-4,9-10H2,(H,11,12)(H,13,14)/t5-,6-/m0/s1/i1D2,3D2. The largest absolute Gasteiger partial charge is 0.480 e. The van der Waals surface area contributed by atoms with Crippen LogP contribution in [-0.4, -0.2) is 45.7 Å². The highest BCUT2D eigenvalue weighted by Gasteiger charge is 2.12. The molecule has 0 aromatic carbocycles. The van der Waals surface area contributed by atoms with Crippen LogP contribution in [0.15, 0.2) is 0 Å². The molecule has 0 aliphatic heterocycles. The van der Waals surface area contributed by atoms with Gasteiger partial charge in [0.15, 0.2) is 0 Å². The summed E-state index contributed by atoms with van der Waals surface area (Å²) in [5.41, 5.74) is 7.84. The first kappa shape index (κ1) is 9.58. The van der Waals surface area contributed by atoms with Gasteiger partial charge in [-0.05, 0) is 12.8 Å². The third kappa shape index (κ3) is 7.80. The zero-order valence-corrected chi connectivity index (χ0v) is 9.88. The van der Waals surface area contributed by atoms with Crippen molar-refractivity contribution >= 4 is 33.5 Å². The quantitative estimate of drug-likeness (QED) is 0.340. The van der Waals surface area contributed by atoms with E-state index in [0.29, 0.717) is 10.8 Å². The van der Waals surface area contributed by atoms with E-state index >= 15 is 0 Å². The van der Waals surface area contributed by atoms with Crippen molar-refractivity contribution in [2.24, 2.45) is 11.5 Å². The second-order valence-corrected chi connectivity index (χ2v) is 4.92. The molecule has 0 saturated heterocycles. The second kappa shape index (κ2) is 8.68. The Morgan fingerprint density at radius 1 is 1.19 bits per heavy atom. The smallest absolute Gasteiger partial charge is 0.320 e. The van der Waals surface area contributed by atoms with Gasteiger partial charge in [0.2, 0.25) is 0 Å². The number of carbonyl (C=O) groups is 2. The molecule has 0 bridgehead atoms. The number of nitrogens with two attached hydrogens (primary N) is 2. The number of carboxylic acid groups (broad SMARTS) is 2. The van der Waals surface area contributed by atoms with Gasteiger partial charge in [0, 0.05) is 16.9 Å². The first-order valence-electron chi connectivity index (χ1n) is 6.21. The van der Waals surface area contributed by atoms with Crippen molar-refractivity contribution in [1.29, 1.82) is 0 Å². The molecule has 0 fully saturated rings. The number of hydrogen-bond donors (Lipinski definition) is 4. The Morgan fingerprint density at radius 3 is 2.25 bits per heavy atom. The highest BCUT2D eigenvalue weighted by Crippen LogP contribution is 2.23. The fraction of sp³-hybridized carbons (Fsp3) is 0.750. The Labute approximate surface area is 107 Å². The average Bonchev–Trinajstić information content (AvgIpc) is 2.32. The summed E-state index contributed by atoms with van der Waals surface area (Å²) in [4.78, 5) is 21.1. The molecule has 8 heteroatoms. The molecular formula is C8H16N2O4S2. The molecule has 0 radical (unpaired) electrons. The molecule has 0 aromatic rings. The van der Waals surface area contributed by atoms with Gasteiger partial charge in [-0.3, -0.25) is 9.59 Å². The number of hydrogen-bond acceptors (Lipinski definition) is 6. The Hall–Kier alpha value is -0.440. The third-order valence-corrected chi connectivity index (χ3v) is 3.24. The zero-order chi connectivity index (χ0) is 16.1. The maximum Gasteiger partial charge on any atom is 0.320 e. The van der Waals surface area contributed by atoms with Crippen LogP contribution in [-0.2, 0) is 9.59 Å². The van der Waals surface area contributed by atoms with E-state index in [1.807, 2.05) is 0 Å². The minimum absolute atomic E-state index is 0.0804. The Balaban J connectivity index is 4.45. The predicted octanol–water partition coefficient (Wildman–Crippen LogP) is -0.0282. The van der Waals surface area contributed by atoms with E-state index in [1.165, 1.54) is 0 Å². The van der Waals surface area contributed by atoms with Crippen LogP contribution < -0.4 is 11.5 Å². The van der Waals surface area contributed by atoms with Gasteiger partial charge in [0.25, 0.3) is 0 Å². The number of carboxylic acids is 2. The fourth-order valence-corrected chi connectivity index (χ4v) is 2.05. The van der Waals surface area contributed by atoms with Gasteiger partial charge in [-0.15, -0.1) is 0 Å². The van der Waals surface area contributed by atoms with Gasteiger partial charge in [0.1, 0.15) is 12.1 Å². The summed E-state index contributed by atoms with van der Waals surface area (Å²) in [6, 6.07) is -3.08. The Bertz CT molecular complexity index is 372. The molecule has 0 unspecified atom stereocenters. The topological polar surface area (TPSA) is 127 Å². The monoisotopic (exact) mass is 272 g/mol. The van der Waals surface area contributed by atoms with Crippen molar-refractivity contribution in [1.82, 2.24) is 0 Å². The lowest BCUT2D eigenvalue weighted by atomic mass is 10.2. The van der Waals surface area contributed by atoms with E-state index in [1.54, 1.807) is 0 Å². The summed E-state index contributed by atoms with van der Waals surface area (Å²) >= 11 is 0. The summed E-state index contributed by atoms with van der Waals surface area (Å²) in [5.74, 6) is -2.64. The van der Waals surface area contributed by atoms with Gasteiger partial charge >= 0.3 is 11.9 Å². The second-order valence-electron chi connectivity index (χ2n) is 2.70. The van der Waals surface area contributed by atoms with E-state index in [0.717, 1.165) is 10.8 Å². The van der Waals surface area contributed by atoms with E-state index in [4.69, 9.17) is 27.2 Å². The molecule has 2 atom stereocenters. The molecule has 0 aromatic heterocycles. The van der Waals surface area contributed by atoms with E-state index in [-0.39, 0.29) is 12.2 Å². The van der Waals surface area contributed by atoms with Crippen molar-refractivity contribution in [2.75, 3.05) is 11.5 Å². The lowest BCUT2D eigenvalue weighted by Crippen LogP contribution is -2.30. The Morgan fingerprint density at radius 2 is 1.75 bits per heavy atom. The number of rotatable bonds is 9. The van der Waals surface area contributed by atoms with Crippen LogP contribution in [0, 0.1) is 0 Å². The summed E-state index contributed by atoms with van der Waals surface area (Å²) in [6.07, 6.45) is -2.71. The van der Waals surface area contributed by atoms with Crippen LogP contribution in [0.4, 0.5) is 0 Å². The normalized spacial score (nSPS) is 19.9. The SMILES string of the molecule is [2H]C([2H])(SSCC[C@H](N)C(=O)O)C([2H])([2H])[C@H](N)C(=O)O. The molecule has 0 amide bonds. The minimum Gasteiger partial charge on any atom is -0.480 e. The summed E-state index contributed by atoms with van der Waals surface area (Å²) < 4.78 is 30.1. The lowest BCUT2D eigenvalue weighted by molar-refractivity contribution is -0.139. The van der Waals surface area contributed by atoms with Gasteiger partial charge in [-0.2, -0.15) is 0 Å². The van der Waals surface area contributed by atoms with E-state index < -0.39 is 36.1 Å². The van der Waals surface area contributed by atoms with Crippen molar-refractivity contribution in [2.45, 2.75) is 24.9 Å². The van der Waals surface area contributed by atoms with E-state index in [2.05, 4.69) is 0 Å². The molecule has 0 aliphatic carbocycles. The van der Waals surface area contributed by atoms with Crippen molar-refractivity contribution in [3.8, 4) is 0 Å². The molecule has 0 saturated carbocycles. The predicted molar refractivity (Wildman–Crippen MR) is 65.4 cm³/mol. The lowest BCUT2D eigenvalue weighted by Gasteiger charge is -2.06. The average molecular weight is 272 g/mol. The molecule has 94 valence electrons. The first-order valence-corrected chi connectivity index (χ1v) is 6.52. The highest BCUT2D eigenvalue weighted by atomic mass is 33.1. The van der Waals surface area contributed by atoms with E-state index in [9.17, 15) is 9.59 Å². The van der Waals surface area contributed by atoms with Crippen LogP contribution >= 0.6 is 21.6 Å². The minimum atomic E-state index is -2.79. The maximum atomic E-state index is 10.7. The molecule has 6 N–H and O–H groups in total. The molecule has 6 nitrogen and oxygen atoms in total. The first-order chi connectivity index (χ1) is 8.93. The van der Waals surface area contributed by atoms with Crippen LogP contribution in [0.25, 0.3) is 0 Å². The summed E-state index contributed by atoms with van der Waals surface area (Å²) in [7, 11) is 1.34. The van der Waals surface area contributed by atoms with Gasteiger partial charge in [-0.25, -0.2) is 0 Å². The summed E-state index contributed by atoms with van der Waals surface area (Å²) in [6.45, 7) is 0. The fourth-order valence-electron chi connectivity index (χ4n) is 0.519. The molecular weight excluding hydrogens is 252 g/mol. The van der Waals surface area contributed by atoms with Crippen molar-refractivity contribution in [3.63, 3.8) is 0 Å². The molecule has 16 heavy (non-hydrogen) atoms. The van der Waals surface area contributed by atoms with Crippen LogP contribution in [0.1, 0.15) is 18.3 Å². The summed E-state index contributed by atoms with van der Waals surface area (Å²) in [5, 5.41) is 17.2. The Kier molecular flexibility index (Phi) is 5.20. The molecule has 0 spiro atoms.